The highest BCUT2D eigenvalue weighted by Crippen LogP contribution is 2.11. The average Bonchev–Trinajstić information content (AvgIpc) is 2.88. The SMILES string of the molecule is CC(=O)CN(C)CCc1nn(-c2cccnc2)cc1C=O. The lowest BCUT2D eigenvalue weighted by atomic mass is 10.2. The Morgan fingerprint density at radius 2 is 2.29 bits per heavy atom. The van der Waals surface area contributed by atoms with Gasteiger partial charge in [0.25, 0.3) is 0 Å². The summed E-state index contributed by atoms with van der Waals surface area (Å²) in [6.45, 7) is 2.63. The fraction of sp³-hybridized carbons (Fsp3) is 0.333. The quantitative estimate of drug-likeness (QED) is 0.714. The highest BCUT2D eigenvalue weighted by Gasteiger charge is 2.11. The van der Waals surface area contributed by atoms with Gasteiger partial charge in [-0.05, 0) is 26.1 Å². The topological polar surface area (TPSA) is 68.1 Å². The van der Waals surface area contributed by atoms with Crippen molar-refractivity contribution in [2.45, 2.75) is 13.3 Å². The van der Waals surface area contributed by atoms with Crippen molar-refractivity contribution < 1.29 is 9.59 Å². The molecule has 0 bridgehead atoms. The molecule has 0 aliphatic carbocycles. The number of carbonyl (C=O) groups is 2. The molecule has 0 saturated heterocycles. The maximum Gasteiger partial charge on any atom is 0.153 e. The molecular weight excluding hydrogens is 268 g/mol. The van der Waals surface area contributed by atoms with Crippen LogP contribution in [0.25, 0.3) is 5.69 Å². The summed E-state index contributed by atoms with van der Waals surface area (Å²) in [5.41, 5.74) is 2.10. The Balaban J connectivity index is 2.11. The molecule has 2 rings (SSSR count). The monoisotopic (exact) mass is 286 g/mol. The molecule has 0 atom stereocenters. The minimum absolute atomic E-state index is 0.119. The zero-order chi connectivity index (χ0) is 15.2. The predicted octanol–water partition coefficient (Wildman–Crippen LogP) is 1.14. The second-order valence-electron chi connectivity index (χ2n) is 4.99. The van der Waals surface area contributed by atoms with Crippen LogP contribution in [0.3, 0.4) is 0 Å². The molecule has 2 aromatic rings. The van der Waals surface area contributed by atoms with Gasteiger partial charge >= 0.3 is 0 Å². The molecule has 0 aliphatic rings. The fourth-order valence-corrected chi connectivity index (χ4v) is 2.09. The summed E-state index contributed by atoms with van der Waals surface area (Å²) in [5, 5.41) is 4.44. The van der Waals surface area contributed by atoms with E-state index in [1.807, 2.05) is 24.1 Å². The van der Waals surface area contributed by atoms with Crippen LogP contribution in [0.2, 0.25) is 0 Å². The molecule has 0 fully saturated rings. The fourth-order valence-electron chi connectivity index (χ4n) is 2.09. The summed E-state index contributed by atoms with van der Waals surface area (Å²) in [6, 6.07) is 3.69. The van der Waals surface area contributed by atoms with Crippen molar-refractivity contribution in [2.24, 2.45) is 0 Å². The number of Topliss-reactive ketones (excluding diaryl/α,β-unsaturated/α-hetero) is 1. The van der Waals surface area contributed by atoms with E-state index in [0.717, 1.165) is 17.7 Å². The minimum Gasteiger partial charge on any atom is -0.299 e. The van der Waals surface area contributed by atoms with Crippen LogP contribution in [0.1, 0.15) is 23.0 Å². The van der Waals surface area contributed by atoms with E-state index in [-0.39, 0.29) is 5.78 Å². The molecule has 0 N–H and O–H groups in total. The molecular formula is C15H18N4O2. The normalized spacial score (nSPS) is 10.8. The number of pyridine rings is 1. The van der Waals surface area contributed by atoms with E-state index in [1.165, 1.54) is 0 Å². The number of aromatic nitrogens is 3. The molecule has 0 radical (unpaired) electrons. The van der Waals surface area contributed by atoms with Crippen molar-refractivity contribution in [1.29, 1.82) is 0 Å². The first kappa shape index (κ1) is 15.1. The van der Waals surface area contributed by atoms with Crippen molar-refractivity contribution in [3.63, 3.8) is 0 Å². The molecule has 110 valence electrons. The second kappa shape index (κ2) is 6.90. The summed E-state index contributed by atoms with van der Waals surface area (Å²) in [6.07, 6.45) is 6.49. The third kappa shape index (κ3) is 4.06. The van der Waals surface area contributed by atoms with E-state index >= 15 is 0 Å². The van der Waals surface area contributed by atoms with Crippen molar-refractivity contribution in [1.82, 2.24) is 19.7 Å². The Morgan fingerprint density at radius 1 is 1.48 bits per heavy atom. The molecule has 6 nitrogen and oxygen atoms in total. The summed E-state index contributed by atoms with van der Waals surface area (Å²) in [5.74, 6) is 0.119. The first-order chi connectivity index (χ1) is 10.1. The summed E-state index contributed by atoms with van der Waals surface area (Å²) in [7, 11) is 1.88. The van der Waals surface area contributed by atoms with Crippen LogP contribution in [0, 0.1) is 0 Å². The maximum absolute atomic E-state index is 11.2. The Bertz CT molecular complexity index is 622. The van der Waals surface area contributed by atoms with Crippen molar-refractivity contribution in [3.8, 4) is 5.69 Å². The van der Waals surface area contributed by atoms with Gasteiger partial charge in [0.15, 0.2) is 6.29 Å². The Morgan fingerprint density at radius 3 is 2.90 bits per heavy atom. The van der Waals surface area contributed by atoms with Crippen LogP contribution >= 0.6 is 0 Å². The number of nitrogens with zero attached hydrogens (tertiary/aromatic N) is 4. The summed E-state index contributed by atoms with van der Waals surface area (Å²) in [4.78, 5) is 28.2. The number of ketones is 1. The molecule has 21 heavy (non-hydrogen) atoms. The first-order valence-corrected chi connectivity index (χ1v) is 6.72. The average molecular weight is 286 g/mol. The molecule has 0 amide bonds. The highest BCUT2D eigenvalue weighted by atomic mass is 16.1. The van der Waals surface area contributed by atoms with Gasteiger partial charge in [-0.1, -0.05) is 0 Å². The number of hydrogen-bond acceptors (Lipinski definition) is 5. The smallest absolute Gasteiger partial charge is 0.153 e. The molecule has 0 unspecified atom stereocenters. The van der Waals surface area contributed by atoms with Crippen LogP contribution < -0.4 is 0 Å². The van der Waals surface area contributed by atoms with Gasteiger partial charge in [-0.15, -0.1) is 0 Å². The second-order valence-corrected chi connectivity index (χ2v) is 4.99. The van der Waals surface area contributed by atoms with Gasteiger partial charge < -0.3 is 0 Å². The van der Waals surface area contributed by atoms with E-state index in [2.05, 4.69) is 10.1 Å². The van der Waals surface area contributed by atoms with Gasteiger partial charge in [-0.25, -0.2) is 4.68 Å². The lowest BCUT2D eigenvalue weighted by Gasteiger charge is -2.13. The predicted molar refractivity (Wildman–Crippen MR) is 78.6 cm³/mol. The number of carbonyl (C=O) groups excluding carboxylic acids is 2. The molecule has 0 saturated carbocycles. The molecule has 0 aromatic carbocycles. The first-order valence-electron chi connectivity index (χ1n) is 6.72. The molecule has 2 aromatic heterocycles. The summed E-state index contributed by atoms with van der Waals surface area (Å²) >= 11 is 0. The minimum atomic E-state index is 0.119. The van der Waals surface area contributed by atoms with Crippen LogP contribution in [0.15, 0.2) is 30.7 Å². The van der Waals surface area contributed by atoms with Gasteiger partial charge in [0, 0.05) is 25.4 Å². The van der Waals surface area contributed by atoms with Crippen molar-refractivity contribution >= 4 is 12.1 Å². The zero-order valence-electron chi connectivity index (χ0n) is 12.2. The van der Waals surface area contributed by atoms with Crippen LogP contribution in [0.5, 0.6) is 0 Å². The highest BCUT2D eigenvalue weighted by molar-refractivity contribution is 5.77. The number of aldehydes is 1. The van der Waals surface area contributed by atoms with Crippen LogP contribution in [-0.4, -0.2) is 51.9 Å². The standard InChI is InChI=1S/C15H18N4O2/c1-12(21)9-18(2)7-5-15-13(11-20)10-19(17-15)14-4-3-6-16-8-14/h3-4,6,8,10-11H,5,7,9H2,1-2H3. The van der Waals surface area contributed by atoms with Gasteiger partial charge in [-0.2, -0.15) is 5.10 Å². The van der Waals surface area contributed by atoms with E-state index in [1.54, 1.807) is 30.2 Å². The Labute approximate surface area is 123 Å². The Kier molecular flexibility index (Phi) is 4.94. The third-order valence-electron chi connectivity index (χ3n) is 3.08. The largest absolute Gasteiger partial charge is 0.299 e. The van der Waals surface area contributed by atoms with Crippen LogP contribution in [0.4, 0.5) is 0 Å². The lowest BCUT2D eigenvalue weighted by Crippen LogP contribution is -2.26. The van der Waals surface area contributed by atoms with E-state index in [0.29, 0.717) is 25.1 Å². The summed E-state index contributed by atoms with van der Waals surface area (Å²) < 4.78 is 1.65. The maximum atomic E-state index is 11.2. The van der Waals surface area contributed by atoms with E-state index < -0.39 is 0 Å². The van der Waals surface area contributed by atoms with E-state index in [9.17, 15) is 9.59 Å². The number of hydrogen-bond donors (Lipinski definition) is 0. The zero-order valence-corrected chi connectivity index (χ0v) is 12.2. The van der Waals surface area contributed by atoms with Gasteiger partial charge in [0.05, 0.1) is 29.7 Å². The molecule has 2 heterocycles. The van der Waals surface area contributed by atoms with Gasteiger partial charge in [0.2, 0.25) is 0 Å². The molecule has 0 spiro atoms. The molecule has 0 aliphatic heterocycles. The third-order valence-corrected chi connectivity index (χ3v) is 3.08. The Hall–Kier alpha value is -2.34. The van der Waals surface area contributed by atoms with Crippen molar-refractivity contribution in [2.75, 3.05) is 20.1 Å². The lowest BCUT2D eigenvalue weighted by molar-refractivity contribution is -0.117. The van der Waals surface area contributed by atoms with Gasteiger partial charge in [-0.3, -0.25) is 19.5 Å². The van der Waals surface area contributed by atoms with Crippen LogP contribution in [-0.2, 0) is 11.2 Å². The van der Waals surface area contributed by atoms with Crippen molar-refractivity contribution in [3.05, 3.63) is 42.0 Å². The number of likely N-dealkylation sites (N-methyl/N-ethyl adjacent to an activating group) is 1. The number of rotatable bonds is 7. The van der Waals surface area contributed by atoms with Gasteiger partial charge in [0.1, 0.15) is 5.78 Å². The molecule has 6 heteroatoms. The van der Waals surface area contributed by atoms with E-state index in [4.69, 9.17) is 0 Å².